The van der Waals surface area contributed by atoms with Crippen molar-refractivity contribution in [3.05, 3.63) is 48.5 Å². The summed E-state index contributed by atoms with van der Waals surface area (Å²) in [6, 6.07) is 17.1. The Labute approximate surface area is 113 Å². The lowest BCUT2D eigenvalue weighted by Crippen LogP contribution is -2.10. The summed E-state index contributed by atoms with van der Waals surface area (Å²) in [5.74, 6) is 0. The van der Waals surface area contributed by atoms with E-state index < -0.39 is 0 Å². The van der Waals surface area contributed by atoms with Crippen LogP contribution in [0.2, 0.25) is 0 Å². The molecular weight excluding hydrogens is 234 g/mol. The quantitative estimate of drug-likeness (QED) is 0.655. The molecule has 1 atom stereocenters. The summed E-state index contributed by atoms with van der Waals surface area (Å²) < 4.78 is 8.04. The molecule has 19 heavy (non-hydrogen) atoms. The molecule has 2 heteroatoms. The van der Waals surface area contributed by atoms with Crippen LogP contribution >= 0.6 is 0 Å². The van der Waals surface area contributed by atoms with Crippen molar-refractivity contribution < 1.29 is 4.74 Å². The normalized spacial score (nSPS) is 13.2. The fourth-order valence-corrected chi connectivity index (χ4v) is 2.86. The Hall–Kier alpha value is -1.80. The second-order valence-corrected chi connectivity index (χ2v) is 4.88. The molecule has 3 aromatic rings. The van der Waals surface area contributed by atoms with Crippen molar-refractivity contribution in [3.8, 4) is 0 Å². The first-order chi connectivity index (χ1) is 9.36. The van der Waals surface area contributed by atoms with Gasteiger partial charge in [-0.25, -0.2) is 0 Å². The van der Waals surface area contributed by atoms with Crippen molar-refractivity contribution in [1.82, 2.24) is 4.57 Å². The van der Waals surface area contributed by atoms with Crippen LogP contribution in [0.15, 0.2) is 48.5 Å². The third-order valence-electron chi connectivity index (χ3n) is 3.71. The lowest BCUT2D eigenvalue weighted by atomic mass is 10.2. The van der Waals surface area contributed by atoms with Gasteiger partial charge in [0.05, 0.1) is 11.0 Å². The molecular formula is C17H19NO. The third-order valence-corrected chi connectivity index (χ3v) is 3.71. The SMILES string of the molecule is CCCC(OC)n1c2ccccc2c2ccccc21. The van der Waals surface area contributed by atoms with Gasteiger partial charge in [0.25, 0.3) is 0 Å². The van der Waals surface area contributed by atoms with E-state index in [0.717, 1.165) is 12.8 Å². The van der Waals surface area contributed by atoms with Crippen molar-refractivity contribution in [2.75, 3.05) is 7.11 Å². The Balaban J connectivity index is 2.35. The lowest BCUT2D eigenvalue weighted by molar-refractivity contribution is 0.0432. The van der Waals surface area contributed by atoms with Crippen LogP contribution in [-0.4, -0.2) is 11.7 Å². The minimum absolute atomic E-state index is 0.106. The number of methoxy groups -OCH3 is 1. The van der Waals surface area contributed by atoms with E-state index >= 15 is 0 Å². The van der Waals surface area contributed by atoms with Crippen LogP contribution in [0.25, 0.3) is 21.8 Å². The van der Waals surface area contributed by atoms with E-state index in [1.807, 2.05) is 0 Å². The zero-order valence-electron chi connectivity index (χ0n) is 11.5. The first-order valence-electron chi connectivity index (χ1n) is 6.87. The standard InChI is InChI=1S/C17H19NO/c1-3-8-17(19-2)18-15-11-6-4-9-13(15)14-10-5-7-12-16(14)18/h4-7,9-12,17H,3,8H2,1-2H3. The summed E-state index contributed by atoms with van der Waals surface area (Å²) in [5.41, 5.74) is 2.51. The molecule has 0 aliphatic heterocycles. The molecule has 0 saturated carbocycles. The molecule has 0 spiro atoms. The second kappa shape index (κ2) is 5.06. The van der Waals surface area contributed by atoms with Crippen LogP contribution in [0, 0.1) is 0 Å². The van der Waals surface area contributed by atoms with Gasteiger partial charge >= 0.3 is 0 Å². The first-order valence-corrected chi connectivity index (χ1v) is 6.87. The molecule has 98 valence electrons. The average molecular weight is 253 g/mol. The highest BCUT2D eigenvalue weighted by atomic mass is 16.5. The first kappa shape index (κ1) is 12.2. The molecule has 0 aliphatic carbocycles. The van der Waals surface area contributed by atoms with Crippen molar-refractivity contribution in [2.45, 2.75) is 26.0 Å². The Bertz CT molecular complexity index is 645. The van der Waals surface area contributed by atoms with Crippen molar-refractivity contribution >= 4 is 21.8 Å². The number of hydrogen-bond donors (Lipinski definition) is 0. The van der Waals surface area contributed by atoms with E-state index in [2.05, 4.69) is 60.0 Å². The van der Waals surface area contributed by atoms with E-state index in [1.165, 1.54) is 21.8 Å². The minimum Gasteiger partial charge on any atom is -0.361 e. The molecule has 2 nitrogen and oxygen atoms in total. The summed E-state index contributed by atoms with van der Waals surface area (Å²) >= 11 is 0. The molecule has 3 rings (SSSR count). The minimum atomic E-state index is 0.106. The van der Waals surface area contributed by atoms with Gasteiger partial charge in [0.2, 0.25) is 0 Å². The number of rotatable bonds is 4. The summed E-state index contributed by atoms with van der Waals surface area (Å²) in [5, 5.41) is 2.60. The Morgan fingerprint density at radius 3 is 1.95 bits per heavy atom. The van der Waals surface area contributed by atoms with Gasteiger partial charge in [0, 0.05) is 17.9 Å². The zero-order valence-corrected chi connectivity index (χ0v) is 11.5. The molecule has 0 aliphatic rings. The van der Waals surface area contributed by atoms with Gasteiger partial charge in [-0.1, -0.05) is 49.7 Å². The number of para-hydroxylation sites is 2. The molecule has 1 unspecified atom stereocenters. The van der Waals surface area contributed by atoms with Crippen molar-refractivity contribution in [1.29, 1.82) is 0 Å². The molecule has 0 saturated heterocycles. The number of hydrogen-bond acceptors (Lipinski definition) is 1. The summed E-state index contributed by atoms with van der Waals surface area (Å²) in [4.78, 5) is 0. The maximum Gasteiger partial charge on any atom is 0.134 e. The predicted molar refractivity (Wildman–Crippen MR) is 80.4 cm³/mol. The van der Waals surface area contributed by atoms with Crippen LogP contribution in [0.1, 0.15) is 26.0 Å². The molecule has 1 heterocycles. The maximum absolute atomic E-state index is 5.71. The highest BCUT2D eigenvalue weighted by Gasteiger charge is 2.16. The van der Waals surface area contributed by atoms with E-state index in [1.54, 1.807) is 7.11 Å². The molecule has 0 radical (unpaired) electrons. The van der Waals surface area contributed by atoms with Crippen LogP contribution in [0.4, 0.5) is 0 Å². The predicted octanol–water partition coefficient (Wildman–Crippen LogP) is 4.74. The van der Waals surface area contributed by atoms with Gasteiger partial charge in [0.1, 0.15) is 6.23 Å². The Kier molecular flexibility index (Phi) is 3.26. The van der Waals surface area contributed by atoms with Gasteiger partial charge in [-0.05, 0) is 18.6 Å². The highest BCUT2D eigenvalue weighted by Crippen LogP contribution is 2.33. The second-order valence-electron chi connectivity index (χ2n) is 4.88. The fourth-order valence-electron chi connectivity index (χ4n) is 2.86. The molecule has 0 fully saturated rings. The van der Waals surface area contributed by atoms with Gasteiger partial charge in [-0.2, -0.15) is 0 Å². The molecule has 0 N–H and O–H groups in total. The monoisotopic (exact) mass is 253 g/mol. The lowest BCUT2D eigenvalue weighted by Gasteiger charge is -2.19. The average Bonchev–Trinajstić information content (AvgIpc) is 2.80. The van der Waals surface area contributed by atoms with Gasteiger partial charge in [-0.15, -0.1) is 0 Å². The zero-order chi connectivity index (χ0) is 13.2. The summed E-state index contributed by atoms with van der Waals surface area (Å²) in [6.45, 7) is 2.19. The van der Waals surface area contributed by atoms with Gasteiger partial charge in [0.15, 0.2) is 0 Å². The number of fused-ring (bicyclic) bond motifs is 3. The number of aromatic nitrogens is 1. The Morgan fingerprint density at radius 1 is 0.947 bits per heavy atom. The molecule has 0 amide bonds. The molecule has 0 bridgehead atoms. The van der Waals surface area contributed by atoms with Crippen molar-refractivity contribution in [2.24, 2.45) is 0 Å². The van der Waals surface area contributed by atoms with E-state index in [9.17, 15) is 0 Å². The number of nitrogens with zero attached hydrogens (tertiary/aromatic N) is 1. The largest absolute Gasteiger partial charge is 0.361 e. The van der Waals surface area contributed by atoms with Crippen molar-refractivity contribution in [3.63, 3.8) is 0 Å². The fraction of sp³-hybridized carbons (Fsp3) is 0.294. The molecule has 1 aromatic heterocycles. The Morgan fingerprint density at radius 2 is 1.47 bits per heavy atom. The van der Waals surface area contributed by atoms with Crippen LogP contribution in [0.5, 0.6) is 0 Å². The number of ether oxygens (including phenoxy) is 1. The summed E-state index contributed by atoms with van der Waals surface area (Å²) in [6.07, 6.45) is 2.24. The van der Waals surface area contributed by atoms with Crippen LogP contribution in [-0.2, 0) is 4.74 Å². The van der Waals surface area contributed by atoms with Crippen LogP contribution in [0.3, 0.4) is 0 Å². The van der Waals surface area contributed by atoms with Gasteiger partial charge in [-0.3, -0.25) is 0 Å². The van der Waals surface area contributed by atoms with E-state index in [-0.39, 0.29) is 6.23 Å². The highest BCUT2D eigenvalue weighted by molar-refractivity contribution is 6.08. The smallest absolute Gasteiger partial charge is 0.134 e. The molecule has 2 aromatic carbocycles. The van der Waals surface area contributed by atoms with Gasteiger partial charge < -0.3 is 9.30 Å². The third kappa shape index (κ3) is 1.92. The van der Waals surface area contributed by atoms with E-state index in [4.69, 9.17) is 4.74 Å². The summed E-state index contributed by atoms with van der Waals surface area (Å²) in [7, 11) is 1.80. The number of benzene rings is 2. The topological polar surface area (TPSA) is 14.2 Å². The maximum atomic E-state index is 5.71. The van der Waals surface area contributed by atoms with Crippen LogP contribution < -0.4 is 0 Å². The van der Waals surface area contributed by atoms with E-state index in [0.29, 0.717) is 0 Å².